The number of allylic oxidation sites excluding steroid dienone is 1. The molecule has 0 unspecified atom stereocenters. The molecule has 1 aliphatic rings. The molecule has 1 aliphatic heterocycles. The first kappa shape index (κ1) is 24.8. The topological polar surface area (TPSA) is 63.0 Å². The second kappa shape index (κ2) is 10.8. The third-order valence-electron chi connectivity index (χ3n) is 5.76. The normalized spacial score (nSPS) is 15.1. The molecule has 0 radical (unpaired) electrons. The number of benzene rings is 1. The lowest BCUT2D eigenvalue weighted by molar-refractivity contribution is -0.125. The lowest BCUT2D eigenvalue weighted by Crippen LogP contribution is -2.34. The smallest absolute Gasteiger partial charge is 0.246 e. The van der Waals surface area contributed by atoms with Gasteiger partial charge in [-0.25, -0.2) is 0 Å². The predicted molar refractivity (Wildman–Crippen MR) is 130 cm³/mol. The van der Waals surface area contributed by atoms with Crippen LogP contribution in [0.3, 0.4) is 0 Å². The number of ether oxygens (including phenoxy) is 1. The molecule has 1 aromatic carbocycles. The Labute approximate surface area is 196 Å². The van der Waals surface area contributed by atoms with Crippen molar-refractivity contribution < 1.29 is 13.9 Å². The van der Waals surface area contributed by atoms with Crippen LogP contribution < -0.4 is 10.2 Å². The highest BCUT2D eigenvalue weighted by Crippen LogP contribution is 2.22. The summed E-state index contributed by atoms with van der Waals surface area (Å²) in [5.41, 5.74) is 3.18. The van der Waals surface area contributed by atoms with E-state index in [2.05, 4.69) is 37.8 Å². The Hall–Kier alpha value is -2.86. The van der Waals surface area contributed by atoms with Crippen LogP contribution >= 0.6 is 0 Å². The van der Waals surface area contributed by atoms with Gasteiger partial charge in [-0.2, -0.15) is 0 Å². The molecule has 1 saturated heterocycles. The number of carbonyl (C=O) groups is 1. The van der Waals surface area contributed by atoms with Crippen molar-refractivity contribution in [2.75, 3.05) is 26.2 Å². The van der Waals surface area contributed by atoms with Gasteiger partial charge >= 0.3 is 0 Å². The molecule has 6 heteroatoms. The highest BCUT2D eigenvalue weighted by Gasteiger charge is 2.19. The Kier molecular flexibility index (Phi) is 8.14. The van der Waals surface area contributed by atoms with E-state index in [1.165, 1.54) is 17.9 Å². The van der Waals surface area contributed by atoms with Crippen LogP contribution in [0.25, 0.3) is 0 Å². The molecule has 178 valence electrons. The first-order valence-electron chi connectivity index (χ1n) is 11.6. The molecule has 0 spiro atoms. The van der Waals surface area contributed by atoms with E-state index < -0.39 is 0 Å². The maximum atomic E-state index is 12.5. The quantitative estimate of drug-likeness (QED) is 0.603. The van der Waals surface area contributed by atoms with Crippen LogP contribution in [-0.2, 0) is 23.4 Å². The second-order valence-corrected chi connectivity index (χ2v) is 9.99. The summed E-state index contributed by atoms with van der Waals surface area (Å²) in [7, 11) is 0. The number of rotatable bonds is 6. The van der Waals surface area contributed by atoms with E-state index in [0.29, 0.717) is 25.5 Å². The van der Waals surface area contributed by atoms with Crippen molar-refractivity contribution in [3.63, 3.8) is 0 Å². The maximum absolute atomic E-state index is 12.5. The zero-order valence-corrected chi connectivity index (χ0v) is 20.5. The van der Waals surface area contributed by atoms with Gasteiger partial charge < -0.3 is 14.1 Å². The molecule has 0 atom stereocenters. The highest BCUT2D eigenvalue weighted by atomic mass is 16.5. The van der Waals surface area contributed by atoms with Crippen LogP contribution in [0.1, 0.15) is 57.9 Å². The van der Waals surface area contributed by atoms with Crippen molar-refractivity contribution in [3.05, 3.63) is 75.4 Å². The van der Waals surface area contributed by atoms with Gasteiger partial charge in [0.25, 0.3) is 0 Å². The zero-order chi connectivity index (χ0) is 24.0. The molecular formula is C27H36N2O4. The van der Waals surface area contributed by atoms with E-state index in [1.807, 2.05) is 30.9 Å². The summed E-state index contributed by atoms with van der Waals surface area (Å²) in [5, 5.41) is 0. The Morgan fingerprint density at radius 1 is 1.09 bits per heavy atom. The van der Waals surface area contributed by atoms with Crippen molar-refractivity contribution >= 4 is 5.91 Å². The molecule has 3 rings (SSSR count). The highest BCUT2D eigenvalue weighted by molar-refractivity contribution is 5.88. The van der Waals surface area contributed by atoms with Crippen molar-refractivity contribution in [2.45, 2.75) is 59.6 Å². The number of amides is 1. The minimum Gasteiger partial charge on any atom is -0.482 e. The van der Waals surface area contributed by atoms with Crippen LogP contribution in [-0.4, -0.2) is 41.9 Å². The zero-order valence-electron chi connectivity index (χ0n) is 20.5. The third-order valence-corrected chi connectivity index (χ3v) is 5.76. The van der Waals surface area contributed by atoms with Gasteiger partial charge in [-0.3, -0.25) is 14.5 Å². The summed E-state index contributed by atoms with van der Waals surface area (Å²) in [6.07, 6.45) is 3.98. The minimum atomic E-state index is -0.183. The Morgan fingerprint density at radius 2 is 1.82 bits per heavy atom. The van der Waals surface area contributed by atoms with E-state index in [1.54, 1.807) is 6.08 Å². The van der Waals surface area contributed by atoms with Gasteiger partial charge in [-0.05, 0) is 36.8 Å². The molecule has 2 heterocycles. The van der Waals surface area contributed by atoms with Gasteiger partial charge in [0, 0.05) is 38.3 Å². The molecule has 1 aromatic heterocycles. The Bertz CT molecular complexity index is 1030. The summed E-state index contributed by atoms with van der Waals surface area (Å²) in [6, 6.07) is 9.76. The lowest BCUT2D eigenvalue weighted by atomic mass is 9.87. The fourth-order valence-corrected chi connectivity index (χ4v) is 3.80. The fraction of sp³-hybridized carbons (Fsp3) is 0.481. The average molecular weight is 453 g/mol. The standard InChI is InChI=1S/C27H36N2O4/c1-20(2)15-26(31)29-12-6-11-28(13-14-29)17-23-16-24(30)25(19-32-23)33-18-21-7-9-22(10-8-21)27(3,4)5/h7-10,15-16,19H,6,11-14,17-18H2,1-5H3. The molecule has 1 amide bonds. The monoisotopic (exact) mass is 452 g/mol. The van der Waals surface area contributed by atoms with Crippen LogP contribution in [0.4, 0.5) is 0 Å². The third kappa shape index (κ3) is 7.32. The van der Waals surface area contributed by atoms with Crippen molar-refractivity contribution in [3.8, 4) is 5.75 Å². The number of nitrogens with zero attached hydrogens (tertiary/aromatic N) is 2. The first-order valence-corrected chi connectivity index (χ1v) is 11.6. The van der Waals surface area contributed by atoms with Crippen molar-refractivity contribution in [1.82, 2.24) is 9.80 Å². The molecule has 0 N–H and O–H groups in total. The molecule has 0 aliphatic carbocycles. The fourth-order valence-electron chi connectivity index (χ4n) is 3.80. The van der Waals surface area contributed by atoms with Gasteiger partial charge in [0.1, 0.15) is 18.6 Å². The van der Waals surface area contributed by atoms with Crippen LogP contribution in [0, 0.1) is 0 Å². The molecule has 1 fully saturated rings. The minimum absolute atomic E-state index is 0.0675. The summed E-state index contributed by atoms with van der Waals surface area (Å²) < 4.78 is 11.4. The van der Waals surface area contributed by atoms with Gasteiger partial charge in [0.2, 0.25) is 17.1 Å². The molecule has 33 heavy (non-hydrogen) atoms. The van der Waals surface area contributed by atoms with E-state index in [9.17, 15) is 9.59 Å². The predicted octanol–water partition coefficient (Wildman–Crippen LogP) is 4.52. The van der Waals surface area contributed by atoms with E-state index in [0.717, 1.165) is 37.2 Å². The summed E-state index contributed by atoms with van der Waals surface area (Å²) in [4.78, 5) is 28.9. The number of carbonyl (C=O) groups excluding carboxylic acids is 1. The first-order chi connectivity index (χ1) is 15.6. The molecule has 2 aromatic rings. The van der Waals surface area contributed by atoms with Gasteiger partial charge in [-0.1, -0.05) is 50.6 Å². The van der Waals surface area contributed by atoms with E-state index in [4.69, 9.17) is 9.15 Å². The summed E-state index contributed by atoms with van der Waals surface area (Å²) >= 11 is 0. The van der Waals surface area contributed by atoms with Crippen molar-refractivity contribution in [2.24, 2.45) is 0 Å². The van der Waals surface area contributed by atoms with Gasteiger partial charge in [-0.15, -0.1) is 0 Å². The lowest BCUT2D eigenvalue weighted by Gasteiger charge is -2.21. The maximum Gasteiger partial charge on any atom is 0.246 e. The second-order valence-electron chi connectivity index (χ2n) is 9.99. The Balaban J connectivity index is 1.54. The molecular weight excluding hydrogens is 416 g/mol. The number of hydrogen-bond acceptors (Lipinski definition) is 5. The van der Waals surface area contributed by atoms with Gasteiger partial charge in [0.15, 0.2) is 0 Å². The SMILES string of the molecule is CC(C)=CC(=O)N1CCCN(Cc2cc(=O)c(OCc3ccc(C(C)(C)C)cc3)co2)CC1. The van der Waals surface area contributed by atoms with E-state index in [-0.39, 0.29) is 22.5 Å². The molecule has 0 saturated carbocycles. The van der Waals surface area contributed by atoms with Gasteiger partial charge in [0.05, 0.1) is 6.54 Å². The Morgan fingerprint density at radius 3 is 2.45 bits per heavy atom. The molecule has 0 bridgehead atoms. The molecule has 6 nitrogen and oxygen atoms in total. The summed E-state index contributed by atoms with van der Waals surface area (Å²) in [6.45, 7) is 14.3. The average Bonchev–Trinajstić information content (AvgIpc) is 2.98. The summed E-state index contributed by atoms with van der Waals surface area (Å²) in [5.74, 6) is 0.886. The van der Waals surface area contributed by atoms with Crippen LogP contribution in [0.15, 0.2) is 57.5 Å². The van der Waals surface area contributed by atoms with Crippen LogP contribution in [0.2, 0.25) is 0 Å². The largest absolute Gasteiger partial charge is 0.482 e. The van der Waals surface area contributed by atoms with E-state index >= 15 is 0 Å². The van der Waals surface area contributed by atoms with Crippen molar-refractivity contribution in [1.29, 1.82) is 0 Å². The van der Waals surface area contributed by atoms with Crippen LogP contribution in [0.5, 0.6) is 5.75 Å². The number of hydrogen-bond donors (Lipinski definition) is 0.